The Hall–Kier alpha value is -5.84. The lowest BCUT2D eigenvalue weighted by molar-refractivity contribution is 0.0708. The number of anilines is 1. The average molecular weight is 898 g/mol. The molecular formula is C57H79N5O4. The van der Waals surface area contributed by atoms with E-state index in [-0.39, 0.29) is 24.0 Å². The molecule has 9 heteroatoms. The summed E-state index contributed by atoms with van der Waals surface area (Å²) in [6, 6.07) is 29.4. The summed E-state index contributed by atoms with van der Waals surface area (Å²) in [4.78, 5) is 13.4. The number of hydrogen-bond donors (Lipinski definition) is 3. The van der Waals surface area contributed by atoms with Crippen molar-refractivity contribution in [2.24, 2.45) is 21.7 Å². The molecule has 0 heterocycles. The number of unbranched alkanes of at least 4 members (excludes halogenated alkanes) is 1. The number of aliphatic hydroxyl groups is 2. The van der Waals surface area contributed by atoms with Gasteiger partial charge in [0.2, 0.25) is 0 Å². The van der Waals surface area contributed by atoms with E-state index in [1.807, 2.05) is 36.4 Å². The molecule has 0 aliphatic heterocycles. The van der Waals surface area contributed by atoms with Crippen molar-refractivity contribution in [1.29, 1.82) is 0 Å². The summed E-state index contributed by atoms with van der Waals surface area (Å²) in [6.45, 7) is 55.1. The first-order chi connectivity index (χ1) is 30.8. The second-order valence-electron chi connectivity index (χ2n) is 21.5. The first kappa shape index (κ1) is 58.2. The van der Waals surface area contributed by atoms with Crippen LogP contribution < -0.4 is 14.8 Å². The number of rotatable bonds is 16. The molecule has 0 bridgehead atoms. The third-order valence-electron chi connectivity index (χ3n) is 9.65. The van der Waals surface area contributed by atoms with E-state index in [4.69, 9.17) is 35.8 Å². The van der Waals surface area contributed by atoms with E-state index in [1.165, 1.54) is 37.7 Å². The van der Waals surface area contributed by atoms with E-state index in [0.29, 0.717) is 52.2 Å². The van der Waals surface area contributed by atoms with Crippen LogP contribution >= 0.6 is 0 Å². The molecule has 9 nitrogen and oxygen atoms in total. The van der Waals surface area contributed by atoms with E-state index < -0.39 is 12.2 Å². The fourth-order valence-electron chi connectivity index (χ4n) is 6.38. The molecule has 66 heavy (non-hydrogen) atoms. The summed E-state index contributed by atoms with van der Waals surface area (Å²) in [7, 11) is 0. The van der Waals surface area contributed by atoms with Crippen molar-refractivity contribution in [3.05, 3.63) is 148 Å². The number of benzene rings is 4. The monoisotopic (exact) mass is 898 g/mol. The maximum atomic E-state index is 9.77. The van der Waals surface area contributed by atoms with Crippen LogP contribution in [0.4, 0.5) is 28.4 Å². The predicted molar refractivity (Wildman–Crippen MR) is 276 cm³/mol. The van der Waals surface area contributed by atoms with Gasteiger partial charge >= 0.3 is 0 Å². The van der Waals surface area contributed by atoms with Crippen molar-refractivity contribution < 1.29 is 19.7 Å². The van der Waals surface area contributed by atoms with E-state index in [9.17, 15) is 10.2 Å². The summed E-state index contributed by atoms with van der Waals surface area (Å²) in [5.41, 5.74) is 6.11. The molecule has 0 saturated heterocycles. The van der Waals surface area contributed by atoms with Gasteiger partial charge in [0.15, 0.2) is 22.7 Å². The van der Waals surface area contributed by atoms with Crippen LogP contribution in [-0.4, -0.2) is 42.2 Å². The highest BCUT2D eigenvalue weighted by Crippen LogP contribution is 2.26. The smallest absolute Gasteiger partial charge is 0.187 e. The molecule has 4 aromatic carbocycles. The standard InChI is InChI=1S/C15H21N.C14H20N2.2C14H19NO2/c1-15(2,3)12-6-5-7-13-8-10-14(16-4)11-9-13;1-14(2,3)10-5-11-16-13-8-6-12(15-4)7-9-13;2*1-14(2,3)9-12(16)10-17-13-7-5-11(15-4)6-8-13/h8-11H,5-7,12H2,1-3H3;6-9,16H,5,10-11H2,1-3H3;2*5-8,12,16H,9-10H2,1-3H3/t;;12-;/m..0./s1. The molecule has 0 saturated carbocycles. The maximum absolute atomic E-state index is 9.77. The number of ether oxygens (including phenoxy) is 2. The molecular weight excluding hydrogens is 819 g/mol. The number of hydrogen-bond acceptors (Lipinski definition) is 5. The molecule has 4 rings (SSSR count). The molecule has 0 radical (unpaired) electrons. The van der Waals surface area contributed by atoms with E-state index in [2.05, 4.69) is 120 Å². The lowest BCUT2D eigenvalue weighted by atomic mass is 9.89. The number of aryl methyl sites for hydroxylation is 1. The van der Waals surface area contributed by atoms with Crippen molar-refractivity contribution in [1.82, 2.24) is 0 Å². The minimum Gasteiger partial charge on any atom is -0.491 e. The third kappa shape index (κ3) is 31.1. The second kappa shape index (κ2) is 29.6. The van der Waals surface area contributed by atoms with Crippen LogP contribution in [0.15, 0.2) is 97.1 Å². The summed E-state index contributed by atoms with van der Waals surface area (Å²) in [6.07, 6.45) is 7.82. The summed E-state index contributed by atoms with van der Waals surface area (Å²) in [5, 5.41) is 22.9. The predicted octanol–water partition coefficient (Wildman–Crippen LogP) is 16.3. The van der Waals surface area contributed by atoms with Gasteiger partial charge in [-0.2, -0.15) is 0 Å². The van der Waals surface area contributed by atoms with Crippen molar-refractivity contribution in [2.45, 2.75) is 147 Å². The zero-order valence-corrected chi connectivity index (χ0v) is 42.2. The highest BCUT2D eigenvalue weighted by Gasteiger charge is 2.18. The first-order valence-corrected chi connectivity index (χ1v) is 23.1. The number of nitrogens with zero attached hydrogens (tertiary/aromatic N) is 4. The fraction of sp³-hybridized carbons (Fsp3) is 0.509. The molecule has 3 N–H and O–H groups in total. The molecule has 0 aliphatic rings. The Morgan fingerprint density at radius 2 is 0.788 bits per heavy atom. The van der Waals surface area contributed by atoms with Gasteiger partial charge in [0.1, 0.15) is 24.7 Å². The van der Waals surface area contributed by atoms with Crippen LogP contribution in [0.1, 0.15) is 134 Å². The van der Waals surface area contributed by atoms with Gasteiger partial charge in [0, 0.05) is 12.2 Å². The van der Waals surface area contributed by atoms with Gasteiger partial charge in [-0.3, -0.25) is 0 Å². The zero-order valence-electron chi connectivity index (χ0n) is 42.2. The summed E-state index contributed by atoms with van der Waals surface area (Å²) >= 11 is 0. The lowest BCUT2D eigenvalue weighted by Crippen LogP contribution is -2.23. The highest BCUT2D eigenvalue weighted by atomic mass is 16.5. The van der Waals surface area contributed by atoms with Gasteiger partial charge in [-0.15, -0.1) is 0 Å². The van der Waals surface area contributed by atoms with E-state index >= 15 is 0 Å². The molecule has 4 aromatic rings. The maximum Gasteiger partial charge on any atom is 0.187 e. The summed E-state index contributed by atoms with van der Waals surface area (Å²) in [5.74, 6) is 1.37. The largest absolute Gasteiger partial charge is 0.491 e. The Morgan fingerprint density at radius 3 is 1.12 bits per heavy atom. The average Bonchev–Trinajstić information content (AvgIpc) is 3.25. The van der Waals surface area contributed by atoms with Gasteiger partial charge < -0.3 is 25.0 Å². The van der Waals surface area contributed by atoms with E-state index in [0.717, 1.165) is 24.3 Å². The molecule has 0 fully saturated rings. The normalized spacial score (nSPS) is 12.0. The van der Waals surface area contributed by atoms with Crippen molar-refractivity contribution in [3.63, 3.8) is 0 Å². The van der Waals surface area contributed by atoms with Crippen LogP contribution in [-0.2, 0) is 6.42 Å². The van der Waals surface area contributed by atoms with E-state index in [1.54, 1.807) is 48.5 Å². The number of nitrogens with one attached hydrogen (secondary N) is 1. The Bertz CT molecular complexity index is 1940. The van der Waals surface area contributed by atoms with Crippen molar-refractivity contribution in [2.75, 3.05) is 25.1 Å². The molecule has 1 unspecified atom stereocenters. The molecule has 0 aromatic heterocycles. The van der Waals surface area contributed by atoms with Crippen LogP contribution in [0.5, 0.6) is 11.5 Å². The Labute approximate surface area is 399 Å². The molecule has 2 atom stereocenters. The quantitative estimate of drug-likeness (QED) is 0.0770. The molecule has 356 valence electrons. The van der Waals surface area contributed by atoms with Crippen molar-refractivity contribution >= 4 is 28.4 Å². The number of aliphatic hydroxyl groups excluding tert-OH is 2. The third-order valence-corrected chi connectivity index (χ3v) is 9.65. The second-order valence-corrected chi connectivity index (χ2v) is 21.5. The van der Waals surface area contributed by atoms with Crippen LogP contribution in [0.2, 0.25) is 0 Å². The van der Waals surface area contributed by atoms with Crippen LogP contribution in [0.25, 0.3) is 19.4 Å². The van der Waals surface area contributed by atoms with Crippen LogP contribution in [0, 0.1) is 47.9 Å². The fourth-order valence-corrected chi connectivity index (χ4v) is 6.38. The zero-order chi connectivity index (χ0) is 49.8. The molecule has 0 aliphatic carbocycles. The summed E-state index contributed by atoms with van der Waals surface area (Å²) < 4.78 is 10.9. The minimum absolute atomic E-state index is 0.0940. The van der Waals surface area contributed by atoms with Gasteiger partial charge in [-0.25, -0.2) is 19.4 Å². The van der Waals surface area contributed by atoms with Crippen LogP contribution in [0.3, 0.4) is 0 Å². The lowest BCUT2D eigenvalue weighted by Gasteiger charge is -2.22. The molecule has 0 amide bonds. The van der Waals surface area contributed by atoms with Gasteiger partial charge in [0.25, 0.3) is 0 Å². The Morgan fingerprint density at radius 1 is 0.455 bits per heavy atom. The highest BCUT2D eigenvalue weighted by molar-refractivity contribution is 5.54. The Balaban J connectivity index is 0.000000440. The van der Waals surface area contributed by atoms with Gasteiger partial charge in [-0.05, 0) is 103 Å². The van der Waals surface area contributed by atoms with Gasteiger partial charge in [0.05, 0.1) is 38.5 Å². The Kier molecular flexibility index (Phi) is 26.1. The van der Waals surface area contributed by atoms with Gasteiger partial charge in [-0.1, -0.05) is 156 Å². The molecule has 0 spiro atoms. The first-order valence-electron chi connectivity index (χ1n) is 23.1. The SMILES string of the molecule is [C-]#[N+]c1ccc(CCCCC(C)(C)C)cc1.[C-]#[N+]c1ccc(NCCCC(C)(C)C)cc1.[C-]#[N+]c1ccc(OCC(O)CC(C)(C)C)cc1.[C-]#[N+]c1ccc(OC[C@@H](O)CC(C)(C)C)cc1. The van der Waals surface area contributed by atoms with Crippen molar-refractivity contribution in [3.8, 4) is 11.5 Å². The minimum atomic E-state index is -0.462. The topological polar surface area (TPSA) is 88.4 Å².